The summed E-state index contributed by atoms with van der Waals surface area (Å²) in [6.07, 6.45) is 4.61. The molecule has 1 heterocycles. The summed E-state index contributed by atoms with van der Waals surface area (Å²) in [5.41, 5.74) is 8.19. The molecule has 0 bridgehead atoms. The van der Waals surface area contributed by atoms with Gasteiger partial charge in [0.05, 0.1) is 6.54 Å². The predicted octanol–water partition coefficient (Wildman–Crippen LogP) is 1.72. The standard InChI is InChI=1S/C10H16N2/c1-7-4-10(2,5-7)9-3-8(11)6-12-9/h3,7H,4-6,11H2,1-2H3. The van der Waals surface area contributed by atoms with Crippen molar-refractivity contribution in [2.75, 3.05) is 6.54 Å². The maximum Gasteiger partial charge on any atom is 0.0788 e. The lowest BCUT2D eigenvalue weighted by Crippen LogP contribution is -2.39. The van der Waals surface area contributed by atoms with E-state index in [1.54, 1.807) is 0 Å². The molecule has 66 valence electrons. The van der Waals surface area contributed by atoms with E-state index in [9.17, 15) is 0 Å². The van der Waals surface area contributed by atoms with Crippen LogP contribution in [0.1, 0.15) is 26.7 Å². The van der Waals surface area contributed by atoms with E-state index in [1.807, 2.05) is 0 Å². The minimum atomic E-state index is 0.348. The summed E-state index contributed by atoms with van der Waals surface area (Å²) in [5, 5.41) is 0. The molecule has 2 nitrogen and oxygen atoms in total. The maximum atomic E-state index is 5.68. The molecule has 12 heavy (non-hydrogen) atoms. The number of hydrogen-bond donors (Lipinski definition) is 1. The summed E-state index contributed by atoms with van der Waals surface area (Å²) < 4.78 is 0. The van der Waals surface area contributed by atoms with Gasteiger partial charge in [0.15, 0.2) is 0 Å². The molecule has 0 aromatic rings. The second-order valence-corrected chi connectivity index (χ2v) is 4.49. The Morgan fingerprint density at radius 1 is 1.58 bits per heavy atom. The molecule has 0 saturated heterocycles. The van der Waals surface area contributed by atoms with Gasteiger partial charge in [-0.1, -0.05) is 13.8 Å². The van der Waals surface area contributed by atoms with E-state index < -0.39 is 0 Å². The number of hydrogen-bond acceptors (Lipinski definition) is 2. The molecule has 1 aliphatic heterocycles. The SMILES string of the molecule is CC1CC(C)(C2=NCC(N)=C2)C1. The van der Waals surface area contributed by atoms with E-state index in [-0.39, 0.29) is 0 Å². The largest absolute Gasteiger partial charge is 0.400 e. The van der Waals surface area contributed by atoms with E-state index >= 15 is 0 Å². The zero-order chi connectivity index (χ0) is 8.77. The van der Waals surface area contributed by atoms with Gasteiger partial charge in [-0.25, -0.2) is 0 Å². The van der Waals surface area contributed by atoms with E-state index in [4.69, 9.17) is 5.73 Å². The first kappa shape index (κ1) is 7.84. The third-order valence-electron chi connectivity index (χ3n) is 2.97. The van der Waals surface area contributed by atoms with Crippen LogP contribution in [-0.2, 0) is 0 Å². The molecule has 0 unspecified atom stereocenters. The van der Waals surface area contributed by atoms with E-state index in [0.717, 1.165) is 18.2 Å². The van der Waals surface area contributed by atoms with Crippen LogP contribution in [0.15, 0.2) is 16.8 Å². The van der Waals surface area contributed by atoms with Crippen LogP contribution in [0.25, 0.3) is 0 Å². The van der Waals surface area contributed by atoms with Gasteiger partial charge in [-0.15, -0.1) is 0 Å². The molecule has 2 aliphatic rings. The van der Waals surface area contributed by atoms with Crippen LogP contribution < -0.4 is 5.73 Å². The number of nitrogens with two attached hydrogens (primary N) is 1. The lowest BCUT2D eigenvalue weighted by atomic mass is 9.61. The van der Waals surface area contributed by atoms with Crippen LogP contribution >= 0.6 is 0 Å². The Bertz CT molecular complexity index is 257. The molecule has 1 aliphatic carbocycles. The molecule has 0 amide bonds. The Labute approximate surface area is 73.6 Å². The molecule has 0 aromatic carbocycles. The first-order valence-electron chi connectivity index (χ1n) is 4.61. The molecule has 0 spiro atoms. The topological polar surface area (TPSA) is 38.4 Å². The van der Waals surface area contributed by atoms with Gasteiger partial charge in [0.1, 0.15) is 0 Å². The zero-order valence-electron chi connectivity index (χ0n) is 7.80. The second kappa shape index (κ2) is 2.35. The van der Waals surface area contributed by atoms with Crippen molar-refractivity contribution in [3.05, 3.63) is 11.8 Å². The molecule has 1 saturated carbocycles. The summed E-state index contributed by atoms with van der Waals surface area (Å²) in [5.74, 6) is 0.868. The smallest absolute Gasteiger partial charge is 0.0788 e. The van der Waals surface area contributed by atoms with Gasteiger partial charge < -0.3 is 5.73 Å². The van der Waals surface area contributed by atoms with Crippen LogP contribution in [0, 0.1) is 11.3 Å². The van der Waals surface area contributed by atoms with Crippen LogP contribution in [0.5, 0.6) is 0 Å². The van der Waals surface area contributed by atoms with Crippen molar-refractivity contribution in [3.63, 3.8) is 0 Å². The second-order valence-electron chi connectivity index (χ2n) is 4.49. The number of nitrogens with zero attached hydrogens (tertiary/aromatic N) is 1. The van der Waals surface area contributed by atoms with Crippen molar-refractivity contribution < 1.29 is 0 Å². The van der Waals surface area contributed by atoms with Crippen LogP contribution in [-0.4, -0.2) is 12.3 Å². The lowest BCUT2D eigenvalue weighted by molar-refractivity contribution is 0.169. The normalized spacial score (nSPS) is 40.3. The van der Waals surface area contributed by atoms with Gasteiger partial charge in [0, 0.05) is 16.8 Å². The molecule has 1 fully saturated rings. The Kier molecular flexibility index (Phi) is 1.53. The summed E-state index contributed by atoms with van der Waals surface area (Å²) in [6, 6.07) is 0. The van der Waals surface area contributed by atoms with Gasteiger partial charge in [-0.3, -0.25) is 4.99 Å². The maximum absolute atomic E-state index is 5.68. The highest BCUT2D eigenvalue weighted by Gasteiger charge is 2.41. The molecule has 2 N–H and O–H groups in total. The monoisotopic (exact) mass is 164 g/mol. The first-order valence-corrected chi connectivity index (χ1v) is 4.61. The average molecular weight is 164 g/mol. The predicted molar refractivity (Wildman–Crippen MR) is 51.1 cm³/mol. The molecular weight excluding hydrogens is 148 g/mol. The quantitative estimate of drug-likeness (QED) is 0.629. The van der Waals surface area contributed by atoms with Crippen molar-refractivity contribution in [3.8, 4) is 0 Å². The fourth-order valence-electron chi connectivity index (χ4n) is 2.50. The summed E-state index contributed by atoms with van der Waals surface area (Å²) in [6.45, 7) is 5.31. The zero-order valence-corrected chi connectivity index (χ0v) is 7.80. The highest BCUT2D eigenvalue weighted by atomic mass is 14.8. The average Bonchev–Trinajstić information content (AvgIpc) is 2.33. The Balaban J connectivity index is 2.11. The van der Waals surface area contributed by atoms with E-state index in [1.165, 1.54) is 18.6 Å². The summed E-state index contributed by atoms with van der Waals surface area (Å²) >= 11 is 0. The number of allylic oxidation sites excluding steroid dienone is 1. The molecule has 0 atom stereocenters. The van der Waals surface area contributed by atoms with Gasteiger partial charge >= 0.3 is 0 Å². The molecule has 2 heteroatoms. The minimum absolute atomic E-state index is 0.348. The van der Waals surface area contributed by atoms with E-state index in [0.29, 0.717) is 5.41 Å². The van der Waals surface area contributed by atoms with Crippen molar-refractivity contribution in [2.24, 2.45) is 22.1 Å². The van der Waals surface area contributed by atoms with Gasteiger partial charge in [-0.2, -0.15) is 0 Å². The fourth-order valence-corrected chi connectivity index (χ4v) is 2.50. The van der Waals surface area contributed by atoms with Crippen molar-refractivity contribution in [1.29, 1.82) is 0 Å². The van der Waals surface area contributed by atoms with Gasteiger partial charge in [-0.05, 0) is 24.8 Å². The highest BCUT2D eigenvalue weighted by Crippen LogP contribution is 2.47. The number of rotatable bonds is 1. The summed E-state index contributed by atoms with van der Waals surface area (Å²) in [4.78, 5) is 4.44. The first-order chi connectivity index (χ1) is 5.60. The molecule has 2 rings (SSSR count). The summed E-state index contributed by atoms with van der Waals surface area (Å²) in [7, 11) is 0. The Morgan fingerprint density at radius 2 is 2.25 bits per heavy atom. The van der Waals surface area contributed by atoms with Crippen molar-refractivity contribution >= 4 is 5.71 Å². The van der Waals surface area contributed by atoms with Crippen LogP contribution in [0.3, 0.4) is 0 Å². The number of aliphatic imine (C=N–C) groups is 1. The van der Waals surface area contributed by atoms with Crippen molar-refractivity contribution in [2.45, 2.75) is 26.7 Å². The van der Waals surface area contributed by atoms with Gasteiger partial charge in [0.25, 0.3) is 0 Å². The Morgan fingerprint density at radius 3 is 2.67 bits per heavy atom. The fraction of sp³-hybridized carbons (Fsp3) is 0.700. The van der Waals surface area contributed by atoms with E-state index in [2.05, 4.69) is 24.9 Å². The molecular formula is C10H16N2. The molecule has 0 aromatic heterocycles. The minimum Gasteiger partial charge on any atom is -0.400 e. The molecule has 0 radical (unpaired) electrons. The van der Waals surface area contributed by atoms with Crippen LogP contribution in [0.2, 0.25) is 0 Å². The van der Waals surface area contributed by atoms with Gasteiger partial charge in [0.2, 0.25) is 0 Å². The van der Waals surface area contributed by atoms with Crippen LogP contribution in [0.4, 0.5) is 0 Å². The Hall–Kier alpha value is -0.790. The lowest BCUT2D eigenvalue weighted by Gasteiger charge is -2.43. The highest BCUT2D eigenvalue weighted by molar-refractivity contribution is 6.02. The third-order valence-corrected chi connectivity index (χ3v) is 2.97. The van der Waals surface area contributed by atoms with Crippen molar-refractivity contribution in [1.82, 2.24) is 0 Å². The third kappa shape index (κ3) is 1.06.